The highest BCUT2D eigenvalue weighted by Crippen LogP contribution is 2.63. The van der Waals surface area contributed by atoms with Crippen LogP contribution in [0.2, 0.25) is 0 Å². The van der Waals surface area contributed by atoms with E-state index in [1.807, 2.05) is 0 Å². The molecule has 0 aromatic rings. The fourth-order valence-electron chi connectivity index (χ4n) is 7.98. The van der Waals surface area contributed by atoms with Crippen molar-refractivity contribution < 1.29 is 53.8 Å². The number of rotatable bonds is 6. The number of amides is 1. The Morgan fingerprint density at radius 1 is 1.09 bits per heavy atom. The molecule has 0 radical (unpaired) electrons. The summed E-state index contributed by atoms with van der Waals surface area (Å²) in [4.78, 5) is 51.9. The minimum Gasteiger partial charge on any atom is -0.459 e. The Morgan fingerprint density at radius 2 is 1.72 bits per heavy atom. The van der Waals surface area contributed by atoms with Gasteiger partial charge in [-0.25, -0.2) is 4.79 Å². The van der Waals surface area contributed by atoms with E-state index in [0.29, 0.717) is 12.0 Å². The number of aliphatic hydroxyl groups excluding tert-OH is 2. The van der Waals surface area contributed by atoms with Gasteiger partial charge in [0.2, 0.25) is 5.91 Å². The summed E-state index contributed by atoms with van der Waals surface area (Å²) in [7, 11) is 0. The van der Waals surface area contributed by atoms with Crippen LogP contribution in [-0.4, -0.2) is 98.4 Å². The Hall–Kier alpha value is -2.64. The van der Waals surface area contributed by atoms with E-state index in [0.717, 1.165) is 12.5 Å². The normalized spacial score (nSPS) is 39.4. The molecule has 0 aromatic carbocycles. The summed E-state index contributed by atoms with van der Waals surface area (Å²) in [6.07, 6.45) is -5.26. The molecule has 4 aliphatic rings. The van der Waals surface area contributed by atoms with E-state index < -0.39 is 88.1 Å². The van der Waals surface area contributed by atoms with Crippen molar-refractivity contribution in [1.29, 1.82) is 0 Å². The van der Waals surface area contributed by atoms with Crippen LogP contribution < -0.4 is 5.32 Å². The lowest BCUT2D eigenvalue weighted by molar-refractivity contribution is -0.331. The minimum atomic E-state index is -2.07. The van der Waals surface area contributed by atoms with Gasteiger partial charge in [0.1, 0.15) is 29.5 Å². The Kier molecular flexibility index (Phi) is 8.56. The highest BCUT2D eigenvalue weighted by molar-refractivity contribution is 5.93. The highest BCUT2D eigenvalue weighted by atomic mass is 16.6. The average Bonchev–Trinajstić information content (AvgIpc) is 2.87. The van der Waals surface area contributed by atoms with E-state index in [1.165, 1.54) is 13.0 Å². The van der Waals surface area contributed by atoms with Crippen LogP contribution in [0, 0.1) is 16.7 Å². The van der Waals surface area contributed by atoms with Crippen LogP contribution in [0.5, 0.6) is 0 Å². The van der Waals surface area contributed by atoms with Crippen LogP contribution in [-0.2, 0) is 33.4 Å². The number of hydrogen-bond donors (Lipinski definition) is 5. The van der Waals surface area contributed by atoms with E-state index in [9.17, 15) is 39.6 Å². The number of aliphatic hydroxyl groups is 4. The van der Waals surface area contributed by atoms with Gasteiger partial charge in [0, 0.05) is 37.0 Å². The van der Waals surface area contributed by atoms with Gasteiger partial charge in [-0.1, -0.05) is 32.4 Å². The van der Waals surface area contributed by atoms with Crippen molar-refractivity contribution in [2.75, 3.05) is 6.61 Å². The number of nitrogens with one attached hydrogen (secondary N) is 1. The SMILES string of the molecule is CC(=O)N[C@@H](C=C(C)C)[C@@H](O)C(=O)OC1C[C@@]2(O)[C@@H](OC(C)=O)[C@@H]3[C@]4(O)CO[C@@H]4CC[C@@]3(C)C(=O)[C@H](O)C(=C1C)C2(C)C. The molecular weight excluding hydrogens is 562 g/mol. The van der Waals surface area contributed by atoms with E-state index >= 15 is 0 Å². The van der Waals surface area contributed by atoms with Crippen molar-refractivity contribution in [2.24, 2.45) is 16.7 Å². The molecule has 5 N–H and O–H groups in total. The van der Waals surface area contributed by atoms with Gasteiger partial charge in [-0.15, -0.1) is 0 Å². The first-order valence-corrected chi connectivity index (χ1v) is 14.7. The Bertz CT molecular complexity index is 1270. The number of ether oxygens (including phenoxy) is 3. The maximum absolute atomic E-state index is 14.2. The van der Waals surface area contributed by atoms with Crippen LogP contribution in [0.3, 0.4) is 0 Å². The molecule has 12 heteroatoms. The van der Waals surface area contributed by atoms with Gasteiger partial charge in [0.05, 0.1) is 18.8 Å². The van der Waals surface area contributed by atoms with Gasteiger partial charge in [0.25, 0.3) is 0 Å². The minimum absolute atomic E-state index is 0.108. The predicted molar refractivity (Wildman–Crippen MR) is 151 cm³/mol. The van der Waals surface area contributed by atoms with Crippen molar-refractivity contribution in [3.8, 4) is 0 Å². The topological polar surface area (TPSA) is 189 Å². The molecule has 1 aliphatic heterocycles. The smallest absolute Gasteiger partial charge is 0.338 e. The number of fused-ring (bicyclic) bond motifs is 5. The summed E-state index contributed by atoms with van der Waals surface area (Å²) in [5.41, 5.74) is -5.39. The molecule has 10 atom stereocenters. The third-order valence-electron chi connectivity index (χ3n) is 10.3. The predicted octanol–water partition coefficient (Wildman–Crippen LogP) is 0.629. The van der Waals surface area contributed by atoms with Crippen LogP contribution in [0.25, 0.3) is 0 Å². The summed E-state index contributed by atoms with van der Waals surface area (Å²) in [5.74, 6) is -4.13. The molecule has 2 bridgehead atoms. The van der Waals surface area contributed by atoms with Gasteiger partial charge in [-0.3, -0.25) is 14.4 Å². The number of Topliss-reactive ketones (excluding diaryl/α,β-unsaturated/α-hetero) is 1. The molecule has 1 amide bonds. The second-order valence-corrected chi connectivity index (χ2v) is 13.7. The number of carbonyl (C=O) groups excluding carboxylic acids is 4. The van der Waals surface area contributed by atoms with Crippen molar-refractivity contribution in [3.63, 3.8) is 0 Å². The molecule has 240 valence electrons. The first-order chi connectivity index (χ1) is 19.7. The van der Waals surface area contributed by atoms with Crippen molar-refractivity contribution >= 4 is 23.6 Å². The molecular formula is C31H45NO11. The molecule has 0 aromatic heterocycles. The standard InChI is InChI=1S/C31H45NO11/c1-14(2)11-18(32-16(4)33)22(35)27(38)43-19-12-31(40)26(42-17(5)34)24-29(8,10-9-20-30(24,39)13-41-20)25(37)23(36)21(15(19)3)28(31,6)7/h11,18-20,22-24,26,35-36,39-40H,9-10,12-13H2,1-8H3,(H,32,33)/t18-,19?,20+,22+,23+,24-,26-,29+,30-,31+/m0/s1. The quantitative estimate of drug-likeness (QED) is 0.210. The van der Waals surface area contributed by atoms with Crippen LogP contribution >= 0.6 is 0 Å². The lowest BCUT2D eigenvalue weighted by atomic mass is 9.45. The highest BCUT2D eigenvalue weighted by Gasteiger charge is 2.74. The first kappa shape index (κ1) is 33.3. The molecule has 3 fully saturated rings. The lowest BCUT2D eigenvalue weighted by Gasteiger charge is -2.66. The fraction of sp³-hybridized carbons (Fsp3) is 0.742. The van der Waals surface area contributed by atoms with Crippen LogP contribution in [0.15, 0.2) is 22.8 Å². The van der Waals surface area contributed by atoms with E-state index in [1.54, 1.807) is 41.5 Å². The van der Waals surface area contributed by atoms with Crippen molar-refractivity contribution in [3.05, 3.63) is 22.8 Å². The fourth-order valence-corrected chi connectivity index (χ4v) is 7.98. The second-order valence-electron chi connectivity index (χ2n) is 13.7. The maximum atomic E-state index is 14.2. The Morgan fingerprint density at radius 3 is 2.23 bits per heavy atom. The first-order valence-electron chi connectivity index (χ1n) is 14.7. The molecule has 43 heavy (non-hydrogen) atoms. The largest absolute Gasteiger partial charge is 0.459 e. The summed E-state index contributed by atoms with van der Waals surface area (Å²) in [5, 5.41) is 49.7. The molecule has 1 saturated heterocycles. The second kappa shape index (κ2) is 11.1. The zero-order chi connectivity index (χ0) is 32.4. The third-order valence-corrected chi connectivity index (χ3v) is 10.3. The lowest BCUT2D eigenvalue weighted by Crippen LogP contribution is -2.78. The molecule has 2 saturated carbocycles. The summed E-state index contributed by atoms with van der Waals surface area (Å²) in [6.45, 7) is 12.1. The van der Waals surface area contributed by atoms with Gasteiger partial charge in [-0.05, 0) is 44.8 Å². The molecule has 4 rings (SSSR count). The molecule has 0 spiro atoms. The zero-order valence-corrected chi connectivity index (χ0v) is 26.1. The molecule has 12 nitrogen and oxygen atoms in total. The maximum Gasteiger partial charge on any atom is 0.338 e. The molecule has 1 heterocycles. The van der Waals surface area contributed by atoms with Crippen LogP contribution in [0.4, 0.5) is 0 Å². The van der Waals surface area contributed by atoms with Crippen molar-refractivity contribution in [2.45, 2.75) is 122 Å². The average molecular weight is 608 g/mol. The molecule has 1 unspecified atom stereocenters. The van der Waals surface area contributed by atoms with Gasteiger partial charge < -0.3 is 40.0 Å². The Balaban J connectivity index is 1.86. The molecule has 3 aliphatic carbocycles. The van der Waals surface area contributed by atoms with E-state index in [2.05, 4.69) is 5.32 Å². The van der Waals surface area contributed by atoms with Gasteiger partial charge in [0.15, 0.2) is 11.9 Å². The number of carbonyl (C=O) groups is 4. The van der Waals surface area contributed by atoms with Gasteiger partial charge >= 0.3 is 11.9 Å². The summed E-state index contributed by atoms with van der Waals surface area (Å²) < 4.78 is 17.2. The monoisotopic (exact) mass is 607 g/mol. The van der Waals surface area contributed by atoms with E-state index in [4.69, 9.17) is 14.2 Å². The number of allylic oxidation sites excluding steroid dienone is 1. The number of esters is 2. The summed E-state index contributed by atoms with van der Waals surface area (Å²) in [6, 6.07) is -1.11. The van der Waals surface area contributed by atoms with Crippen molar-refractivity contribution in [1.82, 2.24) is 5.32 Å². The number of hydrogen-bond acceptors (Lipinski definition) is 11. The van der Waals surface area contributed by atoms with Gasteiger partial charge in [-0.2, -0.15) is 0 Å². The van der Waals surface area contributed by atoms with E-state index in [-0.39, 0.29) is 25.0 Å². The number of ketones is 1. The zero-order valence-electron chi connectivity index (χ0n) is 26.1. The van der Waals surface area contributed by atoms with Crippen LogP contribution in [0.1, 0.15) is 74.7 Å². The Labute approximate surface area is 251 Å². The summed E-state index contributed by atoms with van der Waals surface area (Å²) >= 11 is 0. The third kappa shape index (κ3) is 5.14.